The lowest BCUT2D eigenvalue weighted by Gasteiger charge is -2.15. The van der Waals surface area contributed by atoms with Gasteiger partial charge in [-0.15, -0.1) is 0 Å². The fourth-order valence-corrected chi connectivity index (χ4v) is 2.02. The van der Waals surface area contributed by atoms with E-state index >= 15 is 0 Å². The molecule has 1 atom stereocenters. The number of benzene rings is 1. The Labute approximate surface area is 119 Å². The molecule has 0 bridgehead atoms. The van der Waals surface area contributed by atoms with Gasteiger partial charge in [-0.3, -0.25) is 14.9 Å². The summed E-state index contributed by atoms with van der Waals surface area (Å²) in [6.45, 7) is 1.93. The minimum atomic E-state index is -0.538. The number of amides is 1. The minimum Gasteiger partial charge on any atom is -0.383 e. The highest BCUT2D eigenvalue weighted by Gasteiger charge is 2.23. The van der Waals surface area contributed by atoms with Gasteiger partial charge in [-0.05, 0) is 13.0 Å². The molecule has 1 unspecified atom stereocenters. The first-order valence-corrected chi connectivity index (χ1v) is 6.73. The van der Waals surface area contributed by atoms with E-state index in [1.807, 2.05) is 0 Å². The average molecular weight is 331 g/mol. The maximum atomic E-state index is 12.1. The molecule has 19 heavy (non-hydrogen) atoms. The SMILES string of the molecule is COCC(CBr)NC(=O)c1cccc(C)c1[N+](=O)[O-]. The van der Waals surface area contributed by atoms with Crippen molar-refractivity contribution in [2.24, 2.45) is 0 Å². The first kappa shape index (κ1) is 15.6. The van der Waals surface area contributed by atoms with Gasteiger partial charge in [0.15, 0.2) is 0 Å². The second kappa shape index (κ2) is 7.20. The zero-order valence-corrected chi connectivity index (χ0v) is 12.3. The Morgan fingerprint density at radius 2 is 2.26 bits per heavy atom. The number of nitro benzene ring substituents is 1. The summed E-state index contributed by atoms with van der Waals surface area (Å²) in [4.78, 5) is 22.6. The van der Waals surface area contributed by atoms with Crippen LogP contribution in [0.3, 0.4) is 0 Å². The molecule has 7 heteroatoms. The van der Waals surface area contributed by atoms with Crippen LogP contribution in [-0.2, 0) is 4.74 Å². The van der Waals surface area contributed by atoms with Crippen LogP contribution in [0.4, 0.5) is 5.69 Å². The van der Waals surface area contributed by atoms with Crippen LogP contribution >= 0.6 is 15.9 Å². The summed E-state index contributed by atoms with van der Waals surface area (Å²) < 4.78 is 4.95. The number of nitro groups is 1. The van der Waals surface area contributed by atoms with Gasteiger partial charge < -0.3 is 10.1 Å². The van der Waals surface area contributed by atoms with Crippen LogP contribution in [-0.4, -0.2) is 35.9 Å². The molecule has 0 aromatic heterocycles. The molecule has 0 saturated carbocycles. The van der Waals surface area contributed by atoms with Gasteiger partial charge in [0, 0.05) is 18.0 Å². The van der Waals surface area contributed by atoms with Crippen LogP contribution in [0.2, 0.25) is 0 Å². The highest BCUT2D eigenvalue weighted by molar-refractivity contribution is 9.09. The van der Waals surface area contributed by atoms with E-state index in [2.05, 4.69) is 21.2 Å². The van der Waals surface area contributed by atoms with Gasteiger partial charge in [0.25, 0.3) is 11.6 Å². The molecule has 0 spiro atoms. The summed E-state index contributed by atoms with van der Waals surface area (Å²) in [5, 5.41) is 14.2. The smallest absolute Gasteiger partial charge is 0.285 e. The maximum Gasteiger partial charge on any atom is 0.285 e. The van der Waals surface area contributed by atoms with E-state index in [9.17, 15) is 14.9 Å². The summed E-state index contributed by atoms with van der Waals surface area (Å²) in [7, 11) is 1.52. The molecule has 1 rings (SSSR count). The fraction of sp³-hybridized carbons (Fsp3) is 0.417. The third-order valence-electron chi connectivity index (χ3n) is 2.55. The lowest BCUT2D eigenvalue weighted by atomic mass is 10.1. The summed E-state index contributed by atoms with van der Waals surface area (Å²) in [6.07, 6.45) is 0. The van der Waals surface area contributed by atoms with E-state index in [-0.39, 0.29) is 17.3 Å². The number of ether oxygens (including phenoxy) is 1. The number of halogens is 1. The van der Waals surface area contributed by atoms with Crippen molar-refractivity contribution in [1.29, 1.82) is 0 Å². The van der Waals surface area contributed by atoms with Crippen molar-refractivity contribution in [3.05, 3.63) is 39.4 Å². The molecule has 0 saturated heterocycles. The molecular formula is C12H15BrN2O4. The third-order valence-corrected chi connectivity index (χ3v) is 3.34. The zero-order chi connectivity index (χ0) is 14.4. The fourth-order valence-electron chi connectivity index (χ4n) is 1.67. The number of nitrogens with zero attached hydrogens (tertiary/aromatic N) is 1. The van der Waals surface area contributed by atoms with Gasteiger partial charge >= 0.3 is 0 Å². The van der Waals surface area contributed by atoms with Crippen LogP contribution < -0.4 is 5.32 Å². The Kier molecular flexibility index (Phi) is 5.91. The zero-order valence-electron chi connectivity index (χ0n) is 10.7. The van der Waals surface area contributed by atoms with Crippen molar-refractivity contribution < 1.29 is 14.5 Å². The van der Waals surface area contributed by atoms with Crippen molar-refractivity contribution in [3.8, 4) is 0 Å². The normalized spacial score (nSPS) is 11.9. The lowest BCUT2D eigenvalue weighted by molar-refractivity contribution is -0.385. The molecule has 0 aliphatic heterocycles. The molecule has 0 fully saturated rings. The van der Waals surface area contributed by atoms with Crippen molar-refractivity contribution in [2.45, 2.75) is 13.0 Å². The second-order valence-electron chi connectivity index (χ2n) is 4.01. The number of hydrogen-bond donors (Lipinski definition) is 1. The number of carbonyl (C=O) groups is 1. The molecule has 0 aliphatic rings. The van der Waals surface area contributed by atoms with E-state index in [0.29, 0.717) is 17.5 Å². The van der Waals surface area contributed by atoms with Gasteiger partial charge in [0.2, 0.25) is 0 Å². The first-order valence-electron chi connectivity index (χ1n) is 5.61. The van der Waals surface area contributed by atoms with E-state index in [1.165, 1.54) is 13.2 Å². The van der Waals surface area contributed by atoms with E-state index in [1.54, 1.807) is 19.1 Å². The molecule has 1 amide bonds. The largest absolute Gasteiger partial charge is 0.383 e. The van der Waals surface area contributed by atoms with Gasteiger partial charge in [0.1, 0.15) is 5.56 Å². The van der Waals surface area contributed by atoms with Crippen LogP contribution in [0.1, 0.15) is 15.9 Å². The van der Waals surface area contributed by atoms with Gasteiger partial charge in [0.05, 0.1) is 17.6 Å². The molecule has 1 aromatic rings. The Bertz CT molecular complexity index is 479. The number of aryl methyl sites for hydroxylation is 1. The number of nitrogens with one attached hydrogen (secondary N) is 1. The standard InChI is InChI=1S/C12H15BrN2O4/c1-8-4-3-5-10(11(8)15(17)18)12(16)14-9(6-13)7-19-2/h3-5,9H,6-7H2,1-2H3,(H,14,16). The summed E-state index contributed by atoms with van der Waals surface area (Å²) in [6, 6.07) is 4.43. The topological polar surface area (TPSA) is 81.5 Å². The highest BCUT2D eigenvalue weighted by atomic mass is 79.9. The Morgan fingerprint density at radius 3 is 2.79 bits per heavy atom. The predicted octanol–water partition coefficient (Wildman–Crippen LogP) is 2.04. The van der Waals surface area contributed by atoms with Crippen molar-refractivity contribution >= 4 is 27.5 Å². The van der Waals surface area contributed by atoms with Crippen LogP contribution in [0.25, 0.3) is 0 Å². The van der Waals surface area contributed by atoms with E-state index < -0.39 is 10.8 Å². The Morgan fingerprint density at radius 1 is 1.58 bits per heavy atom. The van der Waals surface area contributed by atoms with Crippen LogP contribution in [0.5, 0.6) is 0 Å². The van der Waals surface area contributed by atoms with Crippen molar-refractivity contribution in [2.75, 3.05) is 19.0 Å². The predicted molar refractivity (Wildman–Crippen MR) is 74.8 cm³/mol. The molecule has 0 heterocycles. The molecular weight excluding hydrogens is 316 g/mol. The van der Waals surface area contributed by atoms with E-state index in [0.717, 1.165) is 0 Å². The first-order chi connectivity index (χ1) is 9.01. The van der Waals surface area contributed by atoms with Crippen molar-refractivity contribution in [1.82, 2.24) is 5.32 Å². The average Bonchev–Trinajstić information content (AvgIpc) is 2.37. The summed E-state index contributed by atoms with van der Waals surface area (Å²) >= 11 is 3.25. The van der Waals surface area contributed by atoms with Crippen molar-refractivity contribution in [3.63, 3.8) is 0 Å². The van der Waals surface area contributed by atoms with Gasteiger partial charge in [-0.25, -0.2) is 0 Å². The van der Waals surface area contributed by atoms with Gasteiger partial charge in [-0.1, -0.05) is 28.1 Å². The summed E-state index contributed by atoms with van der Waals surface area (Å²) in [5.41, 5.74) is 0.359. The van der Waals surface area contributed by atoms with Gasteiger partial charge in [-0.2, -0.15) is 0 Å². The number of methoxy groups -OCH3 is 1. The summed E-state index contributed by atoms with van der Waals surface area (Å²) in [5.74, 6) is -0.475. The second-order valence-corrected chi connectivity index (χ2v) is 4.66. The lowest BCUT2D eigenvalue weighted by Crippen LogP contribution is -2.39. The van der Waals surface area contributed by atoms with Crippen LogP contribution in [0.15, 0.2) is 18.2 Å². The highest BCUT2D eigenvalue weighted by Crippen LogP contribution is 2.22. The number of para-hydroxylation sites is 1. The molecule has 0 radical (unpaired) electrons. The Balaban J connectivity index is 3.00. The quantitative estimate of drug-likeness (QED) is 0.491. The monoisotopic (exact) mass is 330 g/mol. The number of hydrogen-bond acceptors (Lipinski definition) is 4. The van der Waals surface area contributed by atoms with E-state index in [4.69, 9.17) is 4.74 Å². The minimum absolute atomic E-state index is 0.0621. The van der Waals surface area contributed by atoms with Crippen LogP contribution in [0, 0.1) is 17.0 Å². The molecule has 1 aromatic carbocycles. The molecule has 0 aliphatic carbocycles. The molecule has 6 nitrogen and oxygen atoms in total. The molecule has 1 N–H and O–H groups in total. The Hall–Kier alpha value is -1.47. The number of rotatable bonds is 6. The molecule has 104 valence electrons. The number of carbonyl (C=O) groups excluding carboxylic acids is 1. The third kappa shape index (κ3) is 4.00. The number of alkyl halides is 1. The maximum absolute atomic E-state index is 12.1.